The van der Waals surface area contributed by atoms with Crippen molar-refractivity contribution in [3.05, 3.63) is 107 Å². The normalized spacial score (nSPS) is 18.2. The largest absolute Gasteiger partial charge is 0.445 e. The Hall–Kier alpha value is -3.88. The molecule has 2 N–H and O–H groups in total. The molecule has 8 nitrogen and oxygen atoms in total. The third-order valence-corrected chi connectivity index (χ3v) is 8.92. The highest BCUT2D eigenvalue weighted by Crippen LogP contribution is 2.35. The molecule has 0 aliphatic carbocycles. The molecule has 2 fully saturated rings. The summed E-state index contributed by atoms with van der Waals surface area (Å²) in [5.74, 6) is -0.132. The first-order chi connectivity index (χ1) is 21.4. The van der Waals surface area contributed by atoms with E-state index in [0.717, 1.165) is 37.2 Å². The van der Waals surface area contributed by atoms with Crippen molar-refractivity contribution in [2.75, 3.05) is 26.2 Å². The zero-order chi connectivity index (χ0) is 30.8. The van der Waals surface area contributed by atoms with Gasteiger partial charge in [-0.3, -0.25) is 9.59 Å². The van der Waals surface area contributed by atoms with Gasteiger partial charge in [-0.05, 0) is 67.3 Å². The molecule has 0 radical (unpaired) electrons. The van der Waals surface area contributed by atoms with E-state index in [1.165, 1.54) is 5.56 Å². The molecule has 3 aromatic carbocycles. The van der Waals surface area contributed by atoms with Crippen LogP contribution >= 0.6 is 11.6 Å². The topological polar surface area (TPSA) is 91.0 Å². The molecule has 5 rings (SSSR count). The summed E-state index contributed by atoms with van der Waals surface area (Å²) in [5.41, 5.74) is 2.24. The number of halogens is 1. The van der Waals surface area contributed by atoms with E-state index in [1.807, 2.05) is 65.6 Å². The number of ether oxygens (including phenoxy) is 1. The van der Waals surface area contributed by atoms with Crippen molar-refractivity contribution in [1.82, 2.24) is 20.4 Å². The van der Waals surface area contributed by atoms with Crippen molar-refractivity contribution in [3.63, 3.8) is 0 Å². The van der Waals surface area contributed by atoms with Crippen LogP contribution in [0.25, 0.3) is 0 Å². The number of nitrogens with one attached hydrogen (secondary N) is 2. The van der Waals surface area contributed by atoms with Crippen molar-refractivity contribution in [3.8, 4) is 0 Å². The average Bonchev–Trinajstić information content (AvgIpc) is 3.05. The molecule has 3 aromatic rings. The predicted octanol–water partition coefficient (Wildman–Crippen LogP) is 5.34. The third-order valence-electron chi connectivity index (χ3n) is 8.68. The van der Waals surface area contributed by atoms with Gasteiger partial charge < -0.3 is 25.2 Å². The summed E-state index contributed by atoms with van der Waals surface area (Å²) in [4.78, 5) is 44.1. The molecule has 0 saturated carbocycles. The second-order valence-corrected chi connectivity index (χ2v) is 12.1. The fourth-order valence-electron chi connectivity index (χ4n) is 6.13. The number of piperazine rings is 1. The summed E-state index contributed by atoms with van der Waals surface area (Å²) in [6, 6.07) is 26.8. The van der Waals surface area contributed by atoms with Crippen LogP contribution in [0.15, 0.2) is 84.9 Å². The standard InChI is InChI=1S/C35H41ClN4O4/c36-30-15-9-14-29(24-30)25-40-32(41)31(16-7-8-20-37-34(43)44-26-28-12-5-2-6-13-28)38-33(42)35(40)18-22-39(23-19-35)21-17-27-10-3-1-4-11-27/h1-6,9-15,24,31H,7-8,16-23,25-26H2,(H,37,43)(H,38,42)/t31-/m0/s1. The van der Waals surface area contributed by atoms with Crippen LogP contribution in [0.5, 0.6) is 0 Å². The molecule has 1 spiro atoms. The molecular weight excluding hydrogens is 576 g/mol. The zero-order valence-corrected chi connectivity index (χ0v) is 25.8. The van der Waals surface area contributed by atoms with Crippen LogP contribution < -0.4 is 10.6 Å². The number of carbonyl (C=O) groups is 3. The molecule has 0 bridgehead atoms. The lowest BCUT2D eigenvalue weighted by Crippen LogP contribution is -2.72. The van der Waals surface area contributed by atoms with E-state index < -0.39 is 17.7 Å². The molecule has 232 valence electrons. The molecule has 2 heterocycles. The van der Waals surface area contributed by atoms with Gasteiger partial charge in [-0.15, -0.1) is 0 Å². The Labute approximate surface area is 264 Å². The number of carbonyl (C=O) groups excluding carboxylic acids is 3. The van der Waals surface area contributed by atoms with Crippen molar-refractivity contribution in [2.24, 2.45) is 0 Å². The van der Waals surface area contributed by atoms with Crippen molar-refractivity contribution < 1.29 is 19.1 Å². The molecule has 2 saturated heterocycles. The van der Waals surface area contributed by atoms with E-state index in [2.05, 4.69) is 39.8 Å². The number of unbranched alkanes of at least 4 members (excludes halogenated alkanes) is 1. The maximum Gasteiger partial charge on any atom is 0.407 e. The van der Waals surface area contributed by atoms with Crippen LogP contribution in [-0.2, 0) is 33.9 Å². The number of hydrogen-bond acceptors (Lipinski definition) is 5. The minimum atomic E-state index is -0.886. The molecule has 2 aliphatic heterocycles. The lowest BCUT2D eigenvalue weighted by molar-refractivity contribution is -0.162. The molecule has 9 heteroatoms. The van der Waals surface area contributed by atoms with Crippen molar-refractivity contribution >= 4 is 29.5 Å². The van der Waals surface area contributed by atoms with Gasteiger partial charge in [0.05, 0.1) is 0 Å². The Kier molecular flexibility index (Phi) is 10.9. The Bertz CT molecular complexity index is 1400. The van der Waals surface area contributed by atoms with Crippen LogP contribution in [-0.4, -0.2) is 65.5 Å². The molecule has 2 aliphatic rings. The van der Waals surface area contributed by atoms with Crippen LogP contribution in [0.2, 0.25) is 5.02 Å². The minimum Gasteiger partial charge on any atom is -0.445 e. The summed E-state index contributed by atoms with van der Waals surface area (Å²) in [6.45, 7) is 3.39. The van der Waals surface area contributed by atoms with Crippen molar-refractivity contribution in [1.29, 1.82) is 0 Å². The minimum absolute atomic E-state index is 0.0578. The lowest BCUT2D eigenvalue weighted by Gasteiger charge is -2.51. The Balaban J connectivity index is 1.16. The quantitative estimate of drug-likeness (QED) is 0.268. The SMILES string of the molecule is O=C(NCCCC[C@@H]1NC(=O)C2(CCN(CCc3ccccc3)CC2)N(Cc2cccc(Cl)c2)C1=O)OCc1ccccc1. The molecule has 44 heavy (non-hydrogen) atoms. The number of rotatable bonds is 12. The van der Waals surface area contributed by atoms with Crippen molar-refractivity contribution in [2.45, 2.75) is 63.3 Å². The molecular formula is C35H41ClN4O4. The van der Waals surface area contributed by atoms with E-state index in [4.69, 9.17) is 16.3 Å². The van der Waals surface area contributed by atoms with E-state index in [1.54, 1.807) is 0 Å². The number of hydrogen-bond donors (Lipinski definition) is 2. The first-order valence-corrected chi connectivity index (χ1v) is 15.9. The highest BCUT2D eigenvalue weighted by Gasteiger charge is 2.53. The van der Waals surface area contributed by atoms with E-state index in [-0.39, 0.29) is 18.4 Å². The smallest absolute Gasteiger partial charge is 0.407 e. The monoisotopic (exact) mass is 616 g/mol. The van der Waals surface area contributed by atoms with Gasteiger partial charge in [0.1, 0.15) is 18.2 Å². The fourth-order valence-corrected chi connectivity index (χ4v) is 6.35. The van der Waals surface area contributed by atoms with Gasteiger partial charge in [-0.1, -0.05) is 84.4 Å². The molecule has 0 unspecified atom stereocenters. The van der Waals surface area contributed by atoms with Gasteiger partial charge in [-0.25, -0.2) is 4.79 Å². The van der Waals surface area contributed by atoms with Gasteiger partial charge in [-0.2, -0.15) is 0 Å². The average molecular weight is 617 g/mol. The zero-order valence-electron chi connectivity index (χ0n) is 25.1. The number of benzene rings is 3. The second kappa shape index (κ2) is 15.2. The van der Waals surface area contributed by atoms with Crippen LogP contribution in [0.4, 0.5) is 4.79 Å². The van der Waals surface area contributed by atoms with Crippen LogP contribution in [0, 0.1) is 0 Å². The van der Waals surface area contributed by atoms with Gasteiger partial charge in [0.2, 0.25) is 11.8 Å². The van der Waals surface area contributed by atoms with E-state index in [0.29, 0.717) is 50.2 Å². The Morgan fingerprint density at radius 2 is 1.59 bits per heavy atom. The van der Waals surface area contributed by atoms with E-state index in [9.17, 15) is 14.4 Å². The number of amides is 3. The highest BCUT2D eigenvalue weighted by molar-refractivity contribution is 6.30. The molecule has 1 atom stereocenters. The second-order valence-electron chi connectivity index (χ2n) is 11.7. The first-order valence-electron chi connectivity index (χ1n) is 15.5. The van der Waals surface area contributed by atoms with E-state index >= 15 is 0 Å². The molecule has 0 aromatic heterocycles. The number of nitrogens with zero attached hydrogens (tertiary/aromatic N) is 2. The number of piperidine rings is 1. The predicted molar refractivity (Wildman–Crippen MR) is 171 cm³/mol. The van der Waals surface area contributed by atoms with Gasteiger partial charge >= 0.3 is 6.09 Å². The van der Waals surface area contributed by atoms with Gasteiger partial charge in [0.15, 0.2) is 0 Å². The Morgan fingerprint density at radius 1 is 0.909 bits per heavy atom. The summed E-state index contributed by atoms with van der Waals surface area (Å²) in [6.07, 6.45) is 3.48. The molecule has 3 amide bonds. The maximum absolute atomic E-state index is 14.0. The summed E-state index contributed by atoms with van der Waals surface area (Å²) in [5, 5.41) is 6.45. The number of likely N-dealkylation sites (tertiary alicyclic amines) is 1. The third kappa shape index (κ3) is 8.18. The Morgan fingerprint density at radius 3 is 2.30 bits per heavy atom. The highest BCUT2D eigenvalue weighted by atomic mass is 35.5. The van der Waals surface area contributed by atoms with Gasteiger partial charge in [0.25, 0.3) is 0 Å². The fraction of sp³-hybridized carbons (Fsp3) is 0.400. The maximum atomic E-state index is 14.0. The summed E-state index contributed by atoms with van der Waals surface area (Å²) < 4.78 is 5.26. The summed E-state index contributed by atoms with van der Waals surface area (Å²) in [7, 11) is 0. The lowest BCUT2D eigenvalue weighted by atomic mass is 9.81. The van der Waals surface area contributed by atoms with Crippen LogP contribution in [0.3, 0.4) is 0 Å². The van der Waals surface area contributed by atoms with Crippen LogP contribution in [0.1, 0.15) is 48.8 Å². The number of alkyl carbamates (subject to hydrolysis) is 1. The first kappa shape index (κ1) is 31.5. The van der Waals surface area contributed by atoms with Gasteiger partial charge in [0, 0.05) is 37.7 Å². The summed E-state index contributed by atoms with van der Waals surface area (Å²) >= 11 is 6.28.